The number of hydrogen-bond acceptors (Lipinski definition) is 2. The second-order valence-corrected chi connectivity index (χ2v) is 5.47. The van der Waals surface area contributed by atoms with E-state index < -0.39 is 0 Å². The van der Waals surface area contributed by atoms with Crippen LogP contribution >= 0.6 is 0 Å². The molecule has 0 radical (unpaired) electrons. The third kappa shape index (κ3) is 1.74. The first-order valence-corrected chi connectivity index (χ1v) is 6.07. The zero-order valence-electron chi connectivity index (χ0n) is 10.5. The second kappa shape index (κ2) is 3.77. The number of benzene rings is 1. The lowest BCUT2D eigenvalue weighted by Gasteiger charge is -2.38. The molecule has 0 saturated carbocycles. The number of rotatable bonds is 1. The molecule has 4 heteroatoms. The zero-order chi connectivity index (χ0) is 12.8. The maximum absolute atomic E-state index is 11.4. The first kappa shape index (κ1) is 11.1. The summed E-state index contributed by atoms with van der Waals surface area (Å²) >= 11 is 0. The Morgan fingerprint density at radius 1 is 1.33 bits per heavy atom. The van der Waals surface area contributed by atoms with Crippen molar-refractivity contribution >= 4 is 17.0 Å². The van der Waals surface area contributed by atoms with Gasteiger partial charge in [-0.25, -0.2) is 4.79 Å². The summed E-state index contributed by atoms with van der Waals surface area (Å²) in [5, 5.41) is 4.06. The summed E-state index contributed by atoms with van der Waals surface area (Å²) in [5.74, 6) is 0. The minimum atomic E-state index is -0.339. The summed E-state index contributed by atoms with van der Waals surface area (Å²) < 4.78 is 5.06. The molecule has 2 N–H and O–H groups in total. The Balaban J connectivity index is 2.03. The van der Waals surface area contributed by atoms with Crippen molar-refractivity contribution in [1.82, 2.24) is 10.3 Å². The number of hydrogen-bond donors (Lipinski definition) is 2. The van der Waals surface area contributed by atoms with Gasteiger partial charge in [0.1, 0.15) is 6.61 Å². The van der Waals surface area contributed by atoms with Crippen molar-refractivity contribution in [2.24, 2.45) is 5.41 Å². The van der Waals surface area contributed by atoms with Crippen LogP contribution in [-0.4, -0.2) is 17.7 Å². The van der Waals surface area contributed by atoms with Gasteiger partial charge in [0.05, 0.1) is 6.04 Å². The van der Waals surface area contributed by atoms with Crippen LogP contribution in [0.3, 0.4) is 0 Å². The molecular formula is C14H16N2O2. The quantitative estimate of drug-likeness (QED) is 0.810. The molecule has 4 nitrogen and oxygen atoms in total. The van der Waals surface area contributed by atoms with Crippen molar-refractivity contribution in [3.8, 4) is 0 Å². The van der Waals surface area contributed by atoms with Gasteiger partial charge < -0.3 is 15.0 Å². The third-order valence-electron chi connectivity index (χ3n) is 3.53. The van der Waals surface area contributed by atoms with Gasteiger partial charge in [-0.3, -0.25) is 0 Å². The first-order valence-electron chi connectivity index (χ1n) is 6.07. The number of aromatic amines is 1. The fourth-order valence-corrected chi connectivity index (χ4v) is 2.48. The van der Waals surface area contributed by atoms with Gasteiger partial charge >= 0.3 is 6.09 Å². The Bertz CT molecular complexity index is 601. The molecule has 94 valence electrons. The van der Waals surface area contributed by atoms with Crippen LogP contribution in [0.4, 0.5) is 4.79 Å². The molecule has 1 atom stereocenters. The lowest BCUT2D eigenvalue weighted by molar-refractivity contribution is 0.0388. The Kier molecular flexibility index (Phi) is 2.33. The highest BCUT2D eigenvalue weighted by molar-refractivity contribution is 5.80. The smallest absolute Gasteiger partial charge is 0.407 e. The number of alkyl carbamates (subject to hydrolysis) is 1. The normalized spacial score (nSPS) is 22.6. The van der Waals surface area contributed by atoms with Gasteiger partial charge in [-0.1, -0.05) is 19.9 Å². The minimum Gasteiger partial charge on any atom is -0.449 e. The molecule has 0 bridgehead atoms. The molecule has 0 unspecified atom stereocenters. The maximum atomic E-state index is 11.4. The molecule has 0 aliphatic carbocycles. The van der Waals surface area contributed by atoms with Crippen molar-refractivity contribution in [1.29, 1.82) is 0 Å². The van der Waals surface area contributed by atoms with E-state index in [0.29, 0.717) is 6.61 Å². The van der Waals surface area contributed by atoms with E-state index in [1.54, 1.807) is 0 Å². The lowest BCUT2D eigenvalue weighted by atomic mass is 9.80. The number of amides is 1. The second-order valence-electron chi connectivity index (χ2n) is 5.47. The van der Waals surface area contributed by atoms with E-state index in [2.05, 4.69) is 36.3 Å². The van der Waals surface area contributed by atoms with Crippen LogP contribution in [0, 0.1) is 5.41 Å². The topological polar surface area (TPSA) is 54.1 Å². The van der Waals surface area contributed by atoms with E-state index >= 15 is 0 Å². The summed E-state index contributed by atoms with van der Waals surface area (Å²) in [6, 6.07) is 8.23. The van der Waals surface area contributed by atoms with E-state index in [9.17, 15) is 4.79 Å². The number of ether oxygens (including phenoxy) is 1. The van der Waals surface area contributed by atoms with Crippen LogP contribution in [0.1, 0.15) is 25.5 Å². The molecule has 1 aromatic carbocycles. The van der Waals surface area contributed by atoms with Gasteiger partial charge in [0.15, 0.2) is 0 Å². The number of H-pyrrole nitrogens is 1. The summed E-state index contributed by atoms with van der Waals surface area (Å²) in [7, 11) is 0. The standard InChI is InChI=1S/C14H16N2O2/c1-14(2)8-18-13(17)16-12(14)10-3-4-11-9(7-10)5-6-15-11/h3-7,12,15H,8H2,1-2H3,(H,16,17)/t12-/m0/s1. The Morgan fingerprint density at radius 3 is 3.00 bits per heavy atom. The van der Waals surface area contributed by atoms with Gasteiger partial charge in [0.2, 0.25) is 0 Å². The first-order chi connectivity index (χ1) is 8.56. The molecule has 2 aromatic rings. The highest BCUT2D eigenvalue weighted by atomic mass is 16.6. The SMILES string of the molecule is CC1(C)COC(=O)N[C@H]1c1ccc2[nH]ccc2c1. The molecule has 3 rings (SSSR count). The molecule has 2 heterocycles. The van der Waals surface area contributed by atoms with Crippen LogP contribution in [0.2, 0.25) is 0 Å². The number of carbonyl (C=O) groups is 1. The van der Waals surface area contributed by atoms with Crippen molar-refractivity contribution in [2.75, 3.05) is 6.61 Å². The van der Waals surface area contributed by atoms with E-state index in [1.165, 1.54) is 0 Å². The summed E-state index contributed by atoms with van der Waals surface area (Å²) in [5.41, 5.74) is 2.11. The van der Waals surface area contributed by atoms with Crippen molar-refractivity contribution in [2.45, 2.75) is 19.9 Å². The van der Waals surface area contributed by atoms with Crippen LogP contribution in [0.25, 0.3) is 10.9 Å². The molecule has 1 fully saturated rings. The van der Waals surface area contributed by atoms with E-state index in [-0.39, 0.29) is 17.6 Å². The average Bonchev–Trinajstić information content (AvgIpc) is 2.79. The number of aromatic nitrogens is 1. The van der Waals surface area contributed by atoms with Gasteiger partial charge in [-0.05, 0) is 29.1 Å². The number of nitrogens with one attached hydrogen (secondary N) is 2. The van der Waals surface area contributed by atoms with Crippen LogP contribution in [0.5, 0.6) is 0 Å². The number of cyclic esters (lactones) is 1. The van der Waals surface area contributed by atoms with Crippen LogP contribution in [-0.2, 0) is 4.74 Å². The largest absolute Gasteiger partial charge is 0.449 e. The molecular weight excluding hydrogens is 228 g/mol. The van der Waals surface area contributed by atoms with Crippen molar-refractivity contribution in [3.05, 3.63) is 36.0 Å². The Hall–Kier alpha value is -1.97. The fraction of sp³-hybridized carbons (Fsp3) is 0.357. The Labute approximate surface area is 105 Å². The van der Waals surface area contributed by atoms with E-state index in [4.69, 9.17) is 4.74 Å². The minimum absolute atomic E-state index is 0.0157. The van der Waals surface area contributed by atoms with E-state index in [0.717, 1.165) is 16.5 Å². The summed E-state index contributed by atoms with van der Waals surface area (Å²) in [6.07, 6.45) is 1.58. The molecule has 1 aromatic heterocycles. The Morgan fingerprint density at radius 2 is 2.17 bits per heavy atom. The number of carbonyl (C=O) groups excluding carboxylic acids is 1. The van der Waals surface area contributed by atoms with Gasteiger partial charge in [-0.2, -0.15) is 0 Å². The van der Waals surface area contributed by atoms with Crippen molar-refractivity contribution in [3.63, 3.8) is 0 Å². The zero-order valence-corrected chi connectivity index (χ0v) is 10.5. The van der Waals surface area contributed by atoms with Crippen LogP contribution < -0.4 is 5.32 Å². The van der Waals surface area contributed by atoms with E-state index in [1.807, 2.05) is 18.3 Å². The van der Waals surface area contributed by atoms with Gasteiger partial charge in [-0.15, -0.1) is 0 Å². The molecule has 1 amide bonds. The fourth-order valence-electron chi connectivity index (χ4n) is 2.48. The average molecular weight is 244 g/mol. The predicted molar refractivity (Wildman–Crippen MR) is 69.3 cm³/mol. The van der Waals surface area contributed by atoms with Gasteiger partial charge in [0, 0.05) is 17.1 Å². The summed E-state index contributed by atoms with van der Waals surface area (Å²) in [6.45, 7) is 4.63. The number of fused-ring (bicyclic) bond motifs is 1. The third-order valence-corrected chi connectivity index (χ3v) is 3.53. The monoisotopic (exact) mass is 244 g/mol. The molecule has 1 aliphatic heterocycles. The summed E-state index contributed by atoms with van der Waals surface area (Å²) in [4.78, 5) is 14.6. The van der Waals surface area contributed by atoms with Crippen molar-refractivity contribution < 1.29 is 9.53 Å². The molecule has 18 heavy (non-hydrogen) atoms. The molecule has 0 spiro atoms. The van der Waals surface area contributed by atoms with Crippen LogP contribution in [0.15, 0.2) is 30.5 Å². The molecule has 1 aliphatic rings. The van der Waals surface area contributed by atoms with Gasteiger partial charge in [0.25, 0.3) is 0 Å². The lowest BCUT2D eigenvalue weighted by Crippen LogP contribution is -2.46. The molecule has 1 saturated heterocycles. The highest BCUT2D eigenvalue weighted by Gasteiger charge is 2.37. The maximum Gasteiger partial charge on any atom is 0.407 e. The predicted octanol–water partition coefficient (Wildman–Crippen LogP) is 2.98. The highest BCUT2D eigenvalue weighted by Crippen LogP contribution is 2.37.